The van der Waals surface area contributed by atoms with Crippen molar-refractivity contribution in [2.24, 2.45) is 0 Å². The van der Waals surface area contributed by atoms with Gasteiger partial charge in [-0.15, -0.1) is 0 Å². The standard InChI is InChI=1S/C16H13ClN2/c17-14-7-5-11(10-18)9-16(14)19-15-8-6-12-3-1-2-4-13(12)15/h1-5,7,9,15,19H,6,8H2. The molecule has 2 aromatic rings. The van der Waals surface area contributed by atoms with E-state index in [0.717, 1.165) is 18.5 Å². The second kappa shape index (κ2) is 4.95. The van der Waals surface area contributed by atoms with Crippen LogP contribution in [0.25, 0.3) is 0 Å². The molecule has 0 amide bonds. The second-order valence-electron chi connectivity index (χ2n) is 4.74. The molecular formula is C16H13ClN2. The van der Waals surface area contributed by atoms with E-state index in [4.69, 9.17) is 16.9 Å². The SMILES string of the molecule is N#Cc1ccc(Cl)c(NC2CCc3ccccc32)c1. The van der Waals surface area contributed by atoms with Crippen LogP contribution in [0.1, 0.15) is 29.2 Å². The Balaban J connectivity index is 1.89. The minimum Gasteiger partial charge on any atom is -0.377 e. The van der Waals surface area contributed by atoms with Gasteiger partial charge in [0.2, 0.25) is 0 Å². The van der Waals surface area contributed by atoms with Crippen molar-refractivity contribution >= 4 is 17.3 Å². The average Bonchev–Trinajstić information content (AvgIpc) is 2.85. The van der Waals surface area contributed by atoms with Crippen molar-refractivity contribution < 1.29 is 0 Å². The smallest absolute Gasteiger partial charge is 0.0992 e. The molecule has 2 nitrogen and oxygen atoms in total. The van der Waals surface area contributed by atoms with Crippen LogP contribution in [0.2, 0.25) is 5.02 Å². The summed E-state index contributed by atoms with van der Waals surface area (Å²) in [4.78, 5) is 0. The average molecular weight is 269 g/mol. The first kappa shape index (κ1) is 12.1. The van der Waals surface area contributed by atoms with E-state index in [2.05, 4.69) is 35.7 Å². The maximum Gasteiger partial charge on any atom is 0.0992 e. The van der Waals surface area contributed by atoms with E-state index >= 15 is 0 Å². The zero-order chi connectivity index (χ0) is 13.2. The number of benzene rings is 2. The molecule has 0 radical (unpaired) electrons. The molecule has 3 rings (SSSR count). The number of halogens is 1. The first-order chi connectivity index (χ1) is 9.28. The predicted octanol–water partition coefficient (Wildman–Crippen LogP) is 4.31. The fourth-order valence-corrected chi connectivity index (χ4v) is 2.77. The van der Waals surface area contributed by atoms with Crippen molar-refractivity contribution in [1.82, 2.24) is 0 Å². The molecule has 0 fully saturated rings. The Kier molecular flexibility index (Phi) is 3.15. The summed E-state index contributed by atoms with van der Waals surface area (Å²) in [5, 5.41) is 13.1. The molecule has 1 atom stereocenters. The van der Waals surface area contributed by atoms with Gasteiger partial charge in [0.1, 0.15) is 0 Å². The molecule has 1 aliphatic rings. The number of nitrogens with zero attached hydrogens (tertiary/aromatic N) is 1. The van der Waals surface area contributed by atoms with Gasteiger partial charge >= 0.3 is 0 Å². The third-order valence-electron chi connectivity index (χ3n) is 3.56. The molecule has 1 N–H and O–H groups in total. The van der Waals surface area contributed by atoms with Gasteiger partial charge in [-0.1, -0.05) is 35.9 Å². The molecule has 1 unspecified atom stereocenters. The Labute approximate surface area is 117 Å². The number of anilines is 1. The van der Waals surface area contributed by atoms with Gasteiger partial charge in [0, 0.05) is 0 Å². The lowest BCUT2D eigenvalue weighted by Gasteiger charge is -2.16. The Hall–Kier alpha value is -1.98. The molecule has 0 aliphatic heterocycles. The first-order valence-corrected chi connectivity index (χ1v) is 6.70. The molecular weight excluding hydrogens is 256 g/mol. The Morgan fingerprint density at radius 3 is 2.89 bits per heavy atom. The summed E-state index contributed by atoms with van der Waals surface area (Å²) in [5.41, 5.74) is 4.19. The number of nitrogens with one attached hydrogen (secondary N) is 1. The zero-order valence-electron chi connectivity index (χ0n) is 10.4. The zero-order valence-corrected chi connectivity index (χ0v) is 11.1. The fourth-order valence-electron chi connectivity index (χ4n) is 2.60. The monoisotopic (exact) mass is 268 g/mol. The summed E-state index contributed by atoms with van der Waals surface area (Å²) in [7, 11) is 0. The van der Waals surface area contributed by atoms with Crippen LogP contribution in [0.3, 0.4) is 0 Å². The highest BCUT2D eigenvalue weighted by Gasteiger charge is 2.22. The van der Waals surface area contributed by atoms with E-state index in [0.29, 0.717) is 10.6 Å². The summed E-state index contributed by atoms with van der Waals surface area (Å²) in [6.07, 6.45) is 2.15. The fraction of sp³-hybridized carbons (Fsp3) is 0.188. The quantitative estimate of drug-likeness (QED) is 0.881. The van der Waals surface area contributed by atoms with Gasteiger partial charge < -0.3 is 5.32 Å². The number of hydrogen-bond donors (Lipinski definition) is 1. The van der Waals surface area contributed by atoms with E-state index in [1.54, 1.807) is 12.1 Å². The normalized spacial score (nSPS) is 16.7. The predicted molar refractivity (Wildman–Crippen MR) is 77.3 cm³/mol. The summed E-state index contributed by atoms with van der Waals surface area (Å²) >= 11 is 6.19. The van der Waals surface area contributed by atoms with Crippen molar-refractivity contribution in [3.8, 4) is 6.07 Å². The highest BCUT2D eigenvalue weighted by Crippen LogP contribution is 2.35. The van der Waals surface area contributed by atoms with Crippen LogP contribution in [0.4, 0.5) is 5.69 Å². The van der Waals surface area contributed by atoms with Crippen LogP contribution >= 0.6 is 11.6 Å². The molecule has 0 spiro atoms. The number of nitriles is 1. The summed E-state index contributed by atoms with van der Waals surface area (Å²) in [6.45, 7) is 0. The van der Waals surface area contributed by atoms with Crippen LogP contribution in [-0.4, -0.2) is 0 Å². The molecule has 0 saturated heterocycles. The number of aryl methyl sites for hydroxylation is 1. The van der Waals surface area contributed by atoms with Crippen molar-refractivity contribution in [2.45, 2.75) is 18.9 Å². The lowest BCUT2D eigenvalue weighted by molar-refractivity contribution is 0.762. The lowest BCUT2D eigenvalue weighted by atomic mass is 10.1. The molecule has 0 bridgehead atoms. The van der Waals surface area contributed by atoms with Crippen molar-refractivity contribution in [1.29, 1.82) is 5.26 Å². The maximum atomic E-state index is 8.95. The topological polar surface area (TPSA) is 35.8 Å². The van der Waals surface area contributed by atoms with E-state index in [1.807, 2.05) is 6.07 Å². The van der Waals surface area contributed by atoms with Crippen LogP contribution in [-0.2, 0) is 6.42 Å². The maximum absolute atomic E-state index is 8.95. The van der Waals surface area contributed by atoms with Gasteiger partial charge in [-0.05, 0) is 42.2 Å². The van der Waals surface area contributed by atoms with E-state index in [9.17, 15) is 0 Å². The molecule has 2 aromatic carbocycles. The van der Waals surface area contributed by atoms with Gasteiger partial charge in [0.05, 0.1) is 28.4 Å². The number of rotatable bonds is 2. The Morgan fingerprint density at radius 2 is 2.05 bits per heavy atom. The van der Waals surface area contributed by atoms with Crippen LogP contribution in [0.15, 0.2) is 42.5 Å². The van der Waals surface area contributed by atoms with Crippen molar-refractivity contribution in [3.63, 3.8) is 0 Å². The molecule has 19 heavy (non-hydrogen) atoms. The largest absolute Gasteiger partial charge is 0.377 e. The summed E-state index contributed by atoms with van der Waals surface area (Å²) < 4.78 is 0. The third-order valence-corrected chi connectivity index (χ3v) is 3.89. The van der Waals surface area contributed by atoms with E-state index in [-0.39, 0.29) is 6.04 Å². The molecule has 0 saturated carbocycles. The lowest BCUT2D eigenvalue weighted by Crippen LogP contribution is -2.07. The molecule has 0 heterocycles. The van der Waals surface area contributed by atoms with E-state index in [1.165, 1.54) is 11.1 Å². The van der Waals surface area contributed by atoms with Crippen molar-refractivity contribution in [2.75, 3.05) is 5.32 Å². The van der Waals surface area contributed by atoms with Crippen LogP contribution in [0, 0.1) is 11.3 Å². The Bertz CT molecular complexity index is 658. The van der Waals surface area contributed by atoms with Gasteiger partial charge in [0.15, 0.2) is 0 Å². The third kappa shape index (κ3) is 2.30. The van der Waals surface area contributed by atoms with Crippen LogP contribution in [0.5, 0.6) is 0 Å². The molecule has 3 heteroatoms. The molecule has 0 aromatic heterocycles. The number of fused-ring (bicyclic) bond motifs is 1. The van der Waals surface area contributed by atoms with Gasteiger partial charge in [-0.2, -0.15) is 5.26 Å². The van der Waals surface area contributed by atoms with E-state index < -0.39 is 0 Å². The van der Waals surface area contributed by atoms with Crippen molar-refractivity contribution in [3.05, 3.63) is 64.2 Å². The Morgan fingerprint density at radius 1 is 1.21 bits per heavy atom. The van der Waals surface area contributed by atoms with Gasteiger partial charge in [-0.3, -0.25) is 0 Å². The number of hydrogen-bond acceptors (Lipinski definition) is 2. The molecule has 1 aliphatic carbocycles. The highest BCUT2D eigenvalue weighted by atomic mass is 35.5. The summed E-state index contributed by atoms with van der Waals surface area (Å²) in [6, 6.07) is 16.2. The first-order valence-electron chi connectivity index (χ1n) is 6.32. The van der Waals surface area contributed by atoms with Gasteiger partial charge in [0.25, 0.3) is 0 Å². The van der Waals surface area contributed by atoms with Gasteiger partial charge in [-0.25, -0.2) is 0 Å². The highest BCUT2D eigenvalue weighted by molar-refractivity contribution is 6.33. The second-order valence-corrected chi connectivity index (χ2v) is 5.15. The summed E-state index contributed by atoms with van der Waals surface area (Å²) in [5.74, 6) is 0. The van der Waals surface area contributed by atoms with Crippen LogP contribution < -0.4 is 5.32 Å². The minimum absolute atomic E-state index is 0.280. The molecule has 94 valence electrons. The minimum atomic E-state index is 0.280.